The molecule has 0 aliphatic carbocycles. The minimum absolute atomic E-state index is 0. The number of nitrogens with one attached hydrogen (secondary N) is 2. The lowest BCUT2D eigenvalue weighted by molar-refractivity contribution is -0.125. The molecule has 3 amide bonds. The maximum atomic E-state index is 11.7. The largest absolute Gasteiger partial charge is 0.341 e. The summed E-state index contributed by atoms with van der Waals surface area (Å²) in [7, 11) is 1.49. The van der Waals surface area contributed by atoms with E-state index in [1.54, 1.807) is 0 Å². The van der Waals surface area contributed by atoms with E-state index in [9.17, 15) is 9.59 Å². The van der Waals surface area contributed by atoms with E-state index in [-0.39, 0.29) is 24.4 Å². The number of urea groups is 1. The van der Waals surface area contributed by atoms with Gasteiger partial charge in [0.15, 0.2) is 0 Å². The van der Waals surface area contributed by atoms with E-state index in [0.717, 1.165) is 25.9 Å². The third-order valence-corrected chi connectivity index (χ3v) is 3.37. The number of carbonyl (C=O) groups is 2. The van der Waals surface area contributed by atoms with Crippen LogP contribution >= 0.6 is 12.4 Å². The van der Waals surface area contributed by atoms with E-state index in [0.29, 0.717) is 12.5 Å². The summed E-state index contributed by atoms with van der Waals surface area (Å²) in [6.45, 7) is 4.27. The maximum absolute atomic E-state index is 11.7. The van der Waals surface area contributed by atoms with Crippen LogP contribution in [0.3, 0.4) is 0 Å². The molecule has 1 saturated heterocycles. The van der Waals surface area contributed by atoms with Crippen molar-refractivity contribution < 1.29 is 9.59 Å². The van der Waals surface area contributed by atoms with Crippen LogP contribution in [0.25, 0.3) is 0 Å². The molecule has 106 valence electrons. The van der Waals surface area contributed by atoms with E-state index in [2.05, 4.69) is 15.5 Å². The van der Waals surface area contributed by atoms with Crippen LogP contribution in [0.5, 0.6) is 0 Å². The topological polar surface area (TPSA) is 87.5 Å². The number of hydrogen-bond donors (Lipinski definition) is 3. The molecule has 4 N–H and O–H groups in total. The van der Waals surface area contributed by atoms with Crippen LogP contribution in [-0.4, -0.2) is 49.6 Å². The van der Waals surface area contributed by atoms with Crippen LogP contribution in [0.4, 0.5) is 4.79 Å². The predicted molar refractivity (Wildman–Crippen MR) is 72.7 cm³/mol. The van der Waals surface area contributed by atoms with Gasteiger partial charge in [0.2, 0.25) is 5.91 Å². The second-order valence-electron chi connectivity index (χ2n) is 4.46. The first-order valence-corrected chi connectivity index (χ1v) is 6.05. The molecule has 7 heteroatoms. The zero-order chi connectivity index (χ0) is 12.8. The first-order valence-electron chi connectivity index (χ1n) is 6.05. The van der Waals surface area contributed by atoms with Crippen molar-refractivity contribution in [1.29, 1.82) is 0 Å². The Bertz CT molecular complexity index is 280. The van der Waals surface area contributed by atoms with Crippen LogP contribution in [0.2, 0.25) is 0 Å². The highest BCUT2D eigenvalue weighted by Gasteiger charge is 2.26. The van der Waals surface area contributed by atoms with Crippen molar-refractivity contribution in [2.45, 2.75) is 25.8 Å². The number of imide groups is 1. The summed E-state index contributed by atoms with van der Waals surface area (Å²) in [6, 6.07) is -0.732. The first kappa shape index (κ1) is 17.2. The maximum Gasteiger partial charge on any atom is 0.321 e. The summed E-state index contributed by atoms with van der Waals surface area (Å²) >= 11 is 0. The highest BCUT2D eigenvalue weighted by molar-refractivity contribution is 5.96. The Morgan fingerprint density at radius 2 is 1.94 bits per heavy atom. The number of carbonyl (C=O) groups excluding carboxylic acids is 2. The zero-order valence-corrected chi connectivity index (χ0v) is 11.8. The quantitative estimate of drug-likeness (QED) is 0.674. The molecule has 1 fully saturated rings. The second-order valence-corrected chi connectivity index (χ2v) is 4.46. The van der Waals surface area contributed by atoms with Crippen molar-refractivity contribution in [3.8, 4) is 0 Å². The molecule has 6 nitrogen and oxygen atoms in total. The Morgan fingerprint density at radius 3 is 2.39 bits per heavy atom. The number of halogens is 1. The number of hydrogen-bond acceptors (Lipinski definition) is 4. The summed E-state index contributed by atoms with van der Waals surface area (Å²) in [5.74, 6) is 0.316. The summed E-state index contributed by atoms with van der Waals surface area (Å²) in [4.78, 5) is 24.8. The summed E-state index contributed by atoms with van der Waals surface area (Å²) < 4.78 is 0. The smallest absolute Gasteiger partial charge is 0.321 e. The van der Waals surface area contributed by atoms with Gasteiger partial charge in [-0.1, -0.05) is 0 Å². The third kappa shape index (κ3) is 4.80. The van der Waals surface area contributed by atoms with Crippen molar-refractivity contribution in [3.63, 3.8) is 0 Å². The van der Waals surface area contributed by atoms with Gasteiger partial charge in [0, 0.05) is 7.05 Å². The van der Waals surface area contributed by atoms with Crippen LogP contribution in [0.15, 0.2) is 0 Å². The Hall–Kier alpha value is -0.850. The number of likely N-dealkylation sites (tertiary alicyclic amines) is 1. The molecular weight excluding hydrogens is 256 g/mol. The standard InChI is InChI=1S/C11H22N4O2.ClH/c1-8(10(16)14-11(17)13-2)15-5-3-9(7-12)4-6-15;/h8-9H,3-7,12H2,1-2H3,(H2,13,14,16,17);1H. The van der Waals surface area contributed by atoms with Gasteiger partial charge in [-0.3, -0.25) is 15.0 Å². The van der Waals surface area contributed by atoms with E-state index in [4.69, 9.17) is 5.73 Å². The van der Waals surface area contributed by atoms with Crippen LogP contribution in [0.1, 0.15) is 19.8 Å². The molecule has 1 rings (SSSR count). The highest BCUT2D eigenvalue weighted by Crippen LogP contribution is 2.17. The van der Waals surface area contributed by atoms with Gasteiger partial charge in [-0.05, 0) is 45.3 Å². The van der Waals surface area contributed by atoms with Crippen LogP contribution in [-0.2, 0) is 4.79 Å². The molecule has 1 heterocycles. The third-order valence-electron chi connectivity index (χ3n) is 3.37. The normalized spacial score (nSPS) is 18.6. The predicted octanol–water partition coefficient (Wildman–Crippen LogP) is -0.0770. The van der Waals surface area contributed by atoms with Gasteiger partial charge in [0.1, 0.15) is 0 Å². The second kappa shape index (κ2) is 8.29. The van der Waals surface area contributed by atoms with Crippen molar-refractivity contribution >= 4 is 24.3 Å². The lowest BCUT2D eigenvalue weighted by Crippen LogP contribution is -2.51. The van der Waals surface area contributed by atoms with Gasteiger partial charge in [0.25, 0.3) is 0 Å². The molecule has 0 aromatic heterocycles. The fourth-order valence-electron chi connectivity index (χ4n) is 2.02. The molecule has 0 bridgehead atoms. The van der Waals surface area contributed by atoms with Gasteiger partial charge in [-0.25, -0.2) is 4.79 Å². The average molecular weight is 279 g/mol. The fraction of sp³-hybridized carbons (Fsp3) is 0.818. The molecule has 0 aromatic rings. The molecule has 18 heavy (non-hydrogen) atoms. The zero-order valence-electron chi connectivity index (χ0n) is 10.9. The minimum atomic E-state index is -0.460. The monoisotopic (exact) mass is 278 g/mol. The van der Waals surface area contributed by atoms with Gasteiger partial charge in [-0.2, -0.15) is 0 Å². The molecule has 1 aliphatic rings. The summed E-state index contributed by atoms with van der Waals surface area (Å²) in [5, 5.41) is 4.66. The van der Waals surface area contributed by atoms with Gasteiger partial charge < -0.3 is 11.1 Å². The lowest BCUT2D eigenvalue weighted by atomic mass is 9.96. The number of amides is 3. The molecule has 0 radical (unpaired) electrons. The average Bonchev–Trinajstić information content (AvgIpc) is 2.37. The van der Waals surface area contributed by atoms with E-state index in [1.165, 1.54) is 7.05 Å². The van der Waals surface area contributed by atoms with Crippen LogP contribution < -0.4 is 16.4 Å². The molecule has 0 aromatic carbocycles. The number of piperidine rings is 1. The SMILES string of the molecule is CNC(=O)NC(=O)C(C)N1CCC(CN)CC1.Cl. The van der Waals surface area contributed by atoms with Crippen molar-refractivity contribution in [2.75, 3.05) is 26.7 Å². The molecule has 1 atom stereocenters. The van der Waals surface area contributed by atoms with Crippen molar-refractivity contribution in [2.24, 2.45) is 11.7 Å². The Morgan fingerprint density at radius 1 is 1.39 bits per heavy atom. The minimum Gasteiger partial charge on any atom is -0.341 e. The van der Waals surface area contributed by atoms with E-state index < -0.39 is 6.03 Å². The van der Waals surface area contributed by atoms with E-state index >= 15 is 0 Å². The van der Waals surface area contributed by atoms with Crippen molar-refractivity contribution in [1.82, 2.24) is 15.5 Å². The van der Waals surface area contributed by atoms with Crippen molar-refractivity contribution in [3.05, 3.63) is 0 Å². The number of rotatable bonds is 3. The fourth-order valence-corrected chi connectivity index (χ4v) is 2.02. The highest BCUT2D eigenvalue weighted by atomic mass is 35.5. The van der Waals surface area contributed by atoms with Gasteiger partial charge >= 0.3 is 6.03 Å². The first-order chi connectivity index (χ1) is 8.08. The Kier molecular flexibility index (Phi) is 7.90. The Labute approximate surface area is 114 Å². The molecule has 0 saturated carbocycles. The summed E-state index contributed by atoms with van der Waals surface area (Å²) in [6.07, 6.45) is 2.04. The number of nitrogens with two attached hydrogens (primary N) is 1. The Balaban J connectivity index is 0.00000289. The molecular formula is C11H23ClN4O2. The van der Waals surface area contributed by atoms with Gasteiger partial charge in [0.05, 0.1) is 6.04 Å². The van der Waals surface area contributed by atoms with Crippen LogP contribution in [0, 0.1) is 5.92 Å². The summed E-state index contributed by atoms with van der Waals surface area (Å²) in [5.41, 5.74) is 5.62. The van der Waals surface area contributed by atoms with E-state index in [1.807, 2.05) is 6.92 Å². The van der Waals surface area contributed by atoms with Gasteiger partial charge in [-0.15, -0.1) is 12.4 Å². The lowest BCUT2D eigenvalue weighted by Gasteiger charge is -2.34. The molecule has 1 unspecified atom stereocenters. The number of nitrogens with zero attached hydrogens (tertiary/aromatic N) is 1. The molecule has 1 aliphatic heterocycles. The molecule has 0 spiro atoms.